The van der Waals surface area contributed by atoms with Gasteiger partial charge in [0.05, 0.1) is 21.9 Å². The molecule has 3 heteroatoms. The van der Waals surface area contributed by atoms with Crippen molar-refractivity contribution in [1.29, 1.82) is 0 Å². The molecule has 0 amide bonds. The van der Waals surface area contributed by atoms with Gasteiger partial charge in [0, 0.05) is 10.8 Å². The third kappa shape index (κ3) is 1.40. The molecular formula is C17H12N2O. The zero-order valence-electron chi connectivity index (χ0n) is 11.0. The van der Waals surface area contributed by atoms with E-state index in [2.05, 4.69) is 4.98 Å². The van der Waals surface area contributed by atoms with E-state index in [1.807, 2.05) is 55.5 Å². The minimum atomic E-state index is -0.0746. The second-order valence-corrected chi connectivity index (χ2v) is 4.98. The summed E-state index contributed by atoms with van der Waals surface area (Å²) in [6.07, 6.45) is 0. The van der Waals surface area contributed by atoms with Crippen LogP contribution in [0.25, 0.3) is 32.7 Å². The van der Waals surface area contributed by atoms with Crippen molar-refractivity contribution in [2.45, 2.75) is 6.92 Å². The van der Waals surface area contributed by atoms with Crippen LogP contribution in [0.2, 0.25) is 0 Å². The van der Waals surface area contributed by atoms with Crippen LogP contribution in [-0.4, -0.2) is 9.97 Å². The first-order valence-electron chi connectivity index (χ1n) is 6.56. The lowest BCUT2D eigenvalue weighted by Crippen LogP contribution is -2.09. The molecule has 0 saturated carbocycles. The number of fused-ring (bicyclic) bond motifs is 4. The van der Waals surface area contributed by atoms with Crippen LogP contribution in [0.1, 0.15) is 5.56 Å². The summed E-state index contributed by atoms with van der Waals surface area (Å²) in [6, 6.07) is 15.7. The van der Waals surface area contributed by atoms with Gasteiger partial charge < -0.3 is 4.98 Å². The summed E-state index contributed by atoms with van der Waals surface area (Å²) in [4.78, 5) is 20.0. The maximum Gasteiger partial charge on any atom is 0.258 e. The van der Waals surface area contributed by atoms with Crippen molar-refractivity contribution in [3.05, 3.63) is 64.4 Å². The molecule has 4 aromatic rings. The van der Waals surface area contributed by atoms with Crippen LogP contribution >= 0.6 is 0 Å². The van der Waals surface area contributed by atoms with Gasteiger partial charge in [-0.05, 0) is 24.6 Å². The Morgan fingerprint density at radius 1 is 0.950 bits per heavy atom. The van der Waals surface area contributed by atoms with E-state index in [1.165, 1.54) is 0 Å². The molecule has 0 saturated heterocycles. The number of benzene rings is 2. The molecule has 0 aliphatic carbocycles. The number of nitrogens with zero attached hydrogens (tertiary/aromatic N) is 1. The molecule has 96 valence electrons. The molecule has 0 aliphatic heterocycles. The Morgan fingerprint density at radius 3 is 2.50 bits per heavy atom. The topological polar surface area (TPSA) is 45.8 Å². The monoisotopic (exact) mass is 260 g/mol. The molecule has 1 N–H and O–H groups in total. The third-order valence-corrected chi connectivity index (χ3v) is 3.81. The Morgan fingerprint density at radius 2 is 1.65 bits per heavy atom. The summed E-state index contributed by atoms with van der Waals surface area (Å²) in [5.74, 6) is 0. The fourth-order valence-electron chi connectivity index (χ4n) is 2.83. The smallest absolute Gasteiger partial charge is 0.258 e. The second-order valence-electron chi connectivity index (χ2n) is 4.98. The summed E-state index contributed by atoms with van der Waals surface area (Å²) in [7, 11) is 0. The zero-order valence-corrected chi connectivity index (χ0v) is 11.0. The molecule has 0 spiro atoms. The van der Waals surface area contributed by atoms with E-state index in [-0.39, 0.29) is 5.56 Å². The minimum Gasteiger partial charge on any atom is -0.321 e. The Bertz CT molecular complexity index is 1030. The Balaban J connectivity index is 2.39. The molecule has 0 radical (unpaired) electrons. The lowest BCUT2D eigenvalue weighted by Gasteiger charge is -2.08. The summed E-state index contributed by atoms with van der Waals surface area (Å²) in [6.45, 7) is 1.98. The maximum absolute atomic E-state index is 12.4. The second kappa shape index (κ2) is 3.90. The summed E-state index contributed by atoms with van der Waals surface area (Å²) >= 11 is 0. The molecule has 0 aliphatic rings. The summed E-state index contributed by atoms with van der Waals surface area (Å²) in [5, 5.41) is 2.69. The standard InChI is InChI=1S/C17H12N2O/c1-10-11-6-2-4-8-13(11)18-16-12-7-3-5-9-14(12)19-17(20)15(10)16/h2-9H,1H3,(H,19,20). The molecule has 0 unspecified atom stereocenters. The maximum atomic E-state index is 12.4. The molecule has 2 aromatic carbocycles. The number of rotatable bonds is 0. The van der Waals surface area contributed by atoms with Gasteiger partial charge in [0.15, 0.2) is 0 Å². The fraction of sp³-hybridized carbons (Fsp3) is 0.0588. The summed E-state index contributed by atoms with van der Waals surface area (Å²) < 4.78 is 0. The Kier molecular flexibility index (Phi) is 2.18. The highest BCUT2D eigenvalue weighted by Gasteiger charge is 2.11. The fourth-order valence-corrected chi connectivity index (χ4v) is 2.83. The first-order valence-corrected chi connectivity index (χ1v) is 6.56. The van der Waals surface area contributed by atoms with E-state index in [9.17, 15) is 4.79 Å². The number of aromatic nitrogens is 2. The van der Waals surface area contributed by atoms with E-state index in [4.69, 9.17) is 4.98 Å². The van der Waals surface area contributed by atoms with Gasteiger partial charge >= 0.3 is 0 Å². The molecule has 3 nitrogen and oxygen atoms in total. The lowest BCUT2D eigenvalue weighted by atomic mass is 10.0. The van der Waals surface area contributed by atoms with Gasteiger partial charge in [-0.1, -0.05) is 36.4 Å². The first-order chi connectivity index (χ1) is 9.75. The highest BCUT2D eigenvalue weighted by Crippen LogP contribution is 2.26. The van der Waals surface area contributed by atoms with Crippen LogP contribution in [0.3, 0.4) is 0 Å². The zero-order chi connectivity index (χ0) is 13.7. The Labute approximate surface area is 114 Å². The largest absolute Gasteiger partial charge is 0.321 e. The van der Waals surface area contributed by atoms with Crippen molar-refractivity contribution >= 4 is 32.7 Å². The minimum absolute atomic E-state index is 0.0746. The number of H-pyrrole nitrogens is 1. The van der Waals surface area contributed by atoms with E-state index >= 15 is 0 Å². The number of nitrogens with one attached hydrogen (secondary N) is 1. The molecule has 0 atom stereocenters. The van der Waals surface area contributed by atoms with E-state index in [0.29, 0.717) is 5.39 Å². The van der Waals surface area contributed by atoms with Crippen molar-refractivity contribution < 1.29 is 0 Å². The van der Waals surface area contributed by atoms with E-state index in [1.54, 1.807) is 0 Å². The van der Waals surface area contributed by atoms with Crippen molar-refractivity contribution in [3.8, 4) is 0 Å². The van der Waals surface area contributed by atoms with Gasteiger partial charge in [-0.15, -0.1) is 0 Å². The number of para-hydroxylation sites is 2. The normalized spacial score (nSPS) is 11.4. The van der Waals surface area contributed by atoms with Crippen LogP contribution in [0, 0.1) is 6.92 Å². The average Bonchev–Trinajstić information content (AvgIpc) is 2.47. The average molecular weight is 260 g/mol. The number of hydrogen-bond acceptors (Lipinski definition) is 2. The molecule has 2 aromatic heterocycles. The van der Waals surface area contributed by atoms with E-state index < -0.39 is 0 Å². The van der Waals surface area contributed by atoms with Crippen LogP contribution < -0.4 is 5.56 Å². The van der Waals surface area contributed by atoms with Crippen LogP contribution in [0.5, 0.6) is 0 Å². The van der Waals surface area contributed by atoms with Gasteiger partial charge in [0.25, 0.3) is 5.56 Å². The lowest BCUT2D eigenvalue weighted by molar-refractivity contribution is 1.32. The van der Waals surface area contributed by atoms with Crippen molar-refractivity contribution in [3.63, 3.8) is 0 Å². The predicted molar refractivity (Wildman–Crippen MR) is 82.1 cm³/mol. The van der Waals surface area contributed by atoms with Crippen LogP contribution in [-0.2, 0) is 0 Å². The van der Waals surface area contributed by atoms with E-state index in [0.717, 1.165) is 32.9 Å². The Hall–Kier alpha value is -2.68. The van der Waals surface area contributed by atoms with Gasteiger partial charge in [-0.2, -0.15) is 0 Å². The highest BCUT2D eigenvalue weighted by molar-refractivity contribution is 6.08. The number of aromatic amines is 1. The number of pyridine rings is 2. The molecule has 0 fully saturated rings. The molecule has 0 bridgehead atoms. The molecule has 4 rings (SSSR count). The van der Waals surface area contributed by atoms with Gasteiger partial charge in [0.1, 0.15) is 0 Å². The van der Waals surface area contributed by atoms with Crippen molar-refractivity contribution in [2.75, 3.05) is 0 Å². The SMILES string of the molecule is Cc1c2ccccc2nc2c1c(=O)[nH]c1ccccc12. The number of hydrogen-bond donors (Lipinski definition) is 1. The van der Waals surface area contributed by atoms with Crippen molar-refractivity contribution in [2.24, 2.45) is 0 Å². The third-order valence-electron chi connectivity index (χ3n) is 3.81. The molecule has 2 heterocycles. The van der Waals surface area contributed by atoms with Gasteiger partial charge in [0.2, 0.25) is 0 Å². The van der Waals surface area contributed by atoms with Crippen LogP contribution in [0.4, 0.5) is 0 Å². The first kappa shape index (κ1) is 11.2. The predicted octanol–water partition coefficient (Wildman–Crippen LogP) is 3.54. The quantitative estimate of drug-likeness (QED) is 0.388. The van der Waals surface area contributed by atoms with Crippen molar-refractivity contribution in [1.82, 2.24) is 9.97 Å². The number of aryl methyl sites for hydroxylation is 1. The van der Waals surface area contributed by atoms with Crippen LogP contribution in [0.15, 0.2) is 53.3 Å². The summed E-state index contributed by atoms with van der Waals surface area (Å²) in [5.41, 5.74) is 3.44. The molecule has 20 heavy (non-hydrogen) atoms. The van der Waals surface area contributed by atoms with Gasteiger partial charge in [-0.3, -0.25) is 4.79 Å². The molecular weight excluding hydrogens is 248 g/mol. The highest BCUT2D eigenvalue weighted by atomic mass is 16.1. The van der Waals surface area contributed by atoms with Gasteiger partial charge in [-0.25, -0.2) is 4.98 Å².